The number of carbonyl (C=O) groups excluding carboxylic acids is 2. The number of carbonyl (C=O) groups is 2. The molecular weight excluding hydrogens is 471 g/mol. The van der Waals surface area contributed by atoms with E-state index in [1.807, 2.05) is 24.3 Å². The van der Waals surface area contributed by atoms with Crippen LogP contribution in [0.3, 0.4) is 0 Å². The zero-order chi connectivity index (χ0) is 25.9. The number of rotatable bonds is 6. The molecule has 0 saturated heterocycles. The minimum atomic E-state index is -4.40. The van der Waals surface area contributed by atoms with Crippen molar-refractivity contribution in [2.75, 3.05) is 7.11 Å². The van der Waals surface area contributed by atoms with Crippen molar-refractivity contribution in [3.05, 3.63) is 102 Å². The number of halogens is 3. The molecule has 4 rings (SSSR count). The van der Waals surface area contributed by atoms with Crippen LogP contribution in [0.1, 0.15) is 21.5 Å². The summed E-state index contributed by atoms with van der Waals surface area (Å²) in [7, 11) is 1.21. The Labute approximate surface area is 205 Å². The third kappa shape index (κ3) is 5.49. The fraction of sp³-hybridized carbons (Fsp3) is 0.143. The number of hydrogen-bond donors (Lipinski definition) is 2. The Morgan fingerprint density at radius 2 is 1.44 bits per heavy atom. The summed E-state index contributed by atoms with van der Waals surface area (Å²) in [6, 6.07) is 21.0. The summed E-state index contributed by atoms with van der Waals surface area (Å²) in [6.07, 6.45) is -4.29. The van der Waals surface area contributed by atoms with Crippen LogP contribution >= 0.6 is 0 Å². The van der Waals surface area contributed by atoms with Crippen molar-refractivity contribution < 1.29 is 32.6 Å². The maximum atomic E-state index is 12.9. The highest BCUT2D eigenvalue weighted by Crippen LogP contribution is 2.31. The average molecular weight is 493 g/mol. The number of phenols is 1. The number of nitrogens with one attached hydrogen (secondary N) is 1. The second-order valence-corrected chi connectivity index (χ2v) is 8.24. The first-order valence-electron chi connectivity index (χ1n) is 11.0. The van der Waals surface area contributed by atoms with Gasteiger partial charge in [0.2, 0.25) is 0 Å². The molecule has 0 aromatic heterocycles. The van der Waals surface area contributed by atoms with Gasteiger partial charge in [0.25, 0.3) is 5.91 Å². The number of benzene rings is 4. The third-order valence-electron chi connectivity index (χ3n) is 5.84. The second kappa shape index (κ2) is 10.1. The van der Waals surface area contributed by atoms with Gasteiger partial charge in [0.05, 0.1) is 18.2 Å². The van der Waals surface area contributed by atoms with Gasteiger partial charge in [0, 0.05) is 6.42 Å². The third-order valence-corrected chi connectivity index (χ3v) is 5.84. The number of fused-ring (bicyclic) bond motifs is 1. The lowest BCUT2D eigenvalue weighted by Gasteiger charge is -2.17. The summed E-state index contributed by atoms with van der Waals surface area (Å²) in [5.41, 5.74) is 1.31. The Morgan fingerprint density at radius 1 is 0.889 bits per heavy atom. The first kappa shape index (κ1) is 24.8. The quantitative estimate of drug-likeness (QED) is 0.336. The molecule has 2 N–H and O–H groups in total. The fourth-order valence-electron chi connectivity index (χ4n) is 3.90. The van der Waals surface area contributed by atoms with Gasteiger partial charge in [-0.05, 0) is 51.7 Å². The van der Waals surface area contributed by atoms with E-state index in [9.17, 15) is 27.9 Å². The van der Waals surface area contributed by atoms with E-state index in [1.165, 1.54) is 25.3 Å². The Kier molecular flexibility index (Phi) is 6.96. The molecule has 184 valence electrons. The van der Waals surface area contributed by atoms with Crippen LogP contribution in [-0.2, 0) is 22.1 Å². The van der Waals surface area contributed by atoms with Gasteiger partial charge in [-0.3, -0.25) is 4.79 Å². The number of amides is 1. The molecule has 0 spiro atoms. The molecule has 0 bridgehead atoms. The van der Waals surface area contributed by atoms with Crippen molar-refractivity contribution in [1.29, 1.82) is 0 Å². The number of hydrogen-bond acceptors (Lipinski definition) is 4. The molecule has 1 amide bonds. The average Bonchev–Trinajstić information content (AvgIpc) is 2.87. The van der Waals surface area contributed by atoms with Gasteiger partial charge in [0.1, 0.15) is 11.8 Å². The smallest absolute Gasteiger partial charge is 0.416 e. The second-order valence-electron chi connectivity index (χ2n) is 8.24. The molecule has 5 nitrogen and oxygen atoms in total. The maximum absolute atomic E-state index is 12.9. The monoisotopic (exact) mass is 493 g/mol. The maximum Gasteiger partial charge on any atom is 0.416 e. The molecule has 0 fully saturated rings. The largest absolute Gasteiger partial charge is 0.507 e. The molecule has 0 radical (unpaired) electrons. The van der Waals surface area contributed by atoms with Crippen molar-refractivity contribution in [3.8, 4) is 16.9 Å². The lowest BCUT2D eigenvalue weighted by molar-refractivity contribution is -0.143. The molecule has 4 aromatic carbocycles. The highest BCUT2D eigenvalue weighted by atomic mass is 19.4. The van der Waals surface area contributed by atoms with E-state index in [0.717, 1.165) is 22.9 Å². The van der Waals surface area contributed by atoms with Crippen molar-refractivity contribution in [2.45, 2.75) is 18.6 Å². The molecule has 1 atom stereocenters. The van der Waals surface area contributed by atoms with Crippen molar-refractivity contribution >= 4 is 22.6 Å². The molecule has 0 aliphatic rings. The van der Waals surface area contributed by atoms with E-state index in [2.05, 4.69) is 5.32 Å². The molecule has 8 heteroatoms. The van der Waals surface area contributed by atoms with Gasteiger partial charge in [0.15, 0.2) is 0 Å². The van der Waals surface area contributed by atoms with Gasteiger partial charge in [-0.2, -0.15) is 13.2 Å². The minimum absolute atomic E-state index is 0.0280. The highest BCUT2D eigenvalue weighted by molar-refractivity contribution is 6.02. The van der Waals surface area contributed by atoms with E-state index in [-0.39, 0.29) is 17.7 Å². The van der Waals surface area contributed by atoms with Crippen LogP contribution in [0.5, 0.6) is 5.75 Å². The summed E-state index contributed by atoms with van der Waals surface area (Å²) < 4.78 is 43.2. The number of esters is 1. The molecule has 36 heavy (non-hydrogen) atoms. The summed E-state index contributed by atoms with van der Waals surface area (Å²) in [5.74, 6) is -1.50. The van der Waals surface area contributed by atoms with E-state index in [0.29, 0.717) is 16.7 Å². The van der Waals surface area contributed by atoms with Crippen molar-refractivity contribution in [3.63, 3.8) is 0 Å². The molecule has 4 aromatic rings. The Hall–Kier alpha value is -4.33. The van der Waals surface area contributed by atoms with Crippen LogP contribution in [0.2, 0.25) is 0 Å². The molecule has 0 saturated carbocycles. The molecule has 0 heterocycles. The molecule has 0 aliphatic carbocycles. The lowest BCUT2D eigenvalue weighted by Crippen LogP contribution is -2.43. The Morgan fingerprint density at radius 3 is 2.00 bits per heavy atom. The minimum Gasteiger partial charge on any atom is -0.507 e. The summed E-state index contributed by atoms with van der Waals surface area (Å²) in [6.45, 7) is 0. The van der Waals surface area contributed by atoms with Gasteiger partial charge < -0.3 is 15.2 Å². The summed E-state index contributed by atoms with van der Waals surface area (Å²) in [4.78, 5) is 25.3. The molecular formula is C28H22F3NO4. The normalized spacial score (nSPS) is 12.2. The van der Waals surface area contributed by atoms with Crippen molar-refractivity contribution in [1.82, 2.24) is 5.32 Å². The van der Waals surface area contributed by atoms with Crippen LogP contribution in [0.25, 0.3) is 21.9 Å². The number of aromatic hydroxyl groups is 1. The predicted molar refractivity (Wildman–Crippen MR) is 129 cm³/mol. The topological polar surface area (TPSA) is 75.6 Å². The van der Waals surface area contributed by atoms with E-state index in [1.54, 1.807) is 30.3 Å². The SMILES string of the molecule is COC(=O)[C@H](Cc1ccc(-c2ccc(C(F)(F)F)cc2)cc1)NC(=O)c1cc2ccccc2cc1O. The fourth-order valence-corrected chi connectivity index (χ4v) is 3.90. The van der Waals surface area contributed by atoms with E-state index < -0.39 is 29.7 Å². The van der Waals surface area contributed by atoms with Gasteiger partial charge in [-0.15, -0.1) is 0 Å². The number of ether oxygens (including phenoxy) is 1. The summed E-state index contributed by atoms with van der Waals surface area (Å²) >= 11 is 0. The van der Waals surface area contributed by atoms with E-state index >= 15 is 0 Å². The van der Waals surface area contributed by atoms with Crippen LogP contribution in [-0.4, -0.2) is 30.1 Å². The van der Waals surface area contributed by atoms with Crippen molar-refractivity contribution in [2.24, 2.45) is 0 Å². The van der Waals surface area contributed by atoms with Gasteiger partial charge >= 0.3 is 12.1 Å². The summed E-state index contributed by atoms with van der Waals surface area (Å²) in [5, 5.41) is 14.5. The van der Waals surface area contributed by atoms with Gasteiger partial charge in [-0.25, -0.2) is 4.79 Å². The molecule has 0 unspecified atom stereocenters. The number of phenolic OH excluding ortho intramolecular Hbond substituents is 1. The number of alkyl halides is 3. The first-order chi connectivity index (χ1) is 17.2. The number of methoxy groups -OCH3 is 1. The standard InChI is InChI=1S/C28H22F3NO4/c1-36-27(35)24(32-26(34)23-15-20-4-2-3-5-21(20)16-25(23)33)14-17-6-8-18(9-7-17)19-10-12-22(13-11-19)28(29,30)31/h2-13,15-16,24,33H,14H2,1H3,(H,32,34)/t24-/m0/s1. The Balaban J connectivity index is 1.51. The predicted octanol–water partition coefficient (Wildman–Crippen LogP) is 5.75. The van der Waals surface area contributed by atoms with Gasteiger partial charge in [-0.1, -0.05) is 60.7 Å². The first-order valence-corrected chi connectivity index (χ1v) is 11.0. The lowest BCUT2D eigenvalue weighted by atomic mass is 9.99. The van der Waals surface area contributed by atoms with Crippen LogP contribution in [0.15, 0.2) is 84.9 Å². The van der Waals surface area contributed by atoms with Crippen LogP contribution in [0.4, 0.5) is 13.2 Å². The molecule has 0 aliphatic heterocycles. The highest BCUT2D eigenvalue weighted by Gasteiger charge is 2.30. The Bertz CT molecular complexity index is 1400. The van der Waals surface area contributed by atoms with Crippen LogP contribution < -0.4 is 5.32 Å². The van der Waals surface area contributed by atoms with E-state index in [4.69, 9.17) is 4.74 Å². The zero-order valence-corrected chi connectivity index (χ0v) is 19.2. The van der Waals surface area contributed by atoms with Crippen LogP contribution in [0, 0.1) is 0 Å². The zero-order valence-electron chi connectivity index (χ0n) is 19.2.